The minimum Gasteiger partial charge on any atom is -0.496 e. The first kappa shape index (κ1) is 14.1. The topological polar surface area (TPSA) is 34.1 Å². The molecule has 110 valence electrons. The molecule has 3 nitrogen and oxygen atoms in total. The van der Waals surface area contributed by atoms with Crippen LogP contribution in [-0.2, 0) is 13.0 Å². The second kappa shape index (κ2) is 5.86. The van der Waals surface area contributed by atoms with E-state index in [1.807, 2.05) is 13.1 Å². The number of hydrogen-bond donors (Lipinski definition) is 1. The molecule has 3 rings (SSSR count). The van der Waals surface area contributed by atoms with Gasteiger partial charge in [-0.05, 0) is 37.8 Å². The molecule has 2 aromatic rings. The van der Waals surface area contributed by atoms with Gasteiger partial charge in [-0.15, -0.1) is 0 Å². The maximum absolute atomic E-state index is 5.48. The molecule has 0 saturated heterocycles. The standard InChI is InChI=1S/C18H22N2O/c1-12-10-19-17(13(2)18(12)21-3)11-20-16-9-8-14-6-4-5-7-15(14)16/h4-7,10,16,20H,8-9,11H2,1-3H3. The zero-order valence-corrected chi connectivity index (χ0v) is 12.9. The summed E-state index contributed by atoms with van der Waals surface area (Å²) in [4.78, 5) is 4.56. The highest BCUT2D eigenvalue weighted by atomic mass is 16.5. The van der Waals surface area contributed by atoms with Crippen LogP contribution in [0.4, 0.5) is 0 Å². The summed E-state index contributed by atoms with van der Waals surface area (Å²) in [5, 5.41) is 3.65. The predicted molar refractivity (Wildman–Crippen MR) is 84.6 cm³/mol. The Balaban J connectivity index is 1.75. The first-order valence-electron chi connectivity index (χ1n) is 7.51. The molecule has 0 bridgehead atoms. The molecule has 1 heterocycles. The fourth-order valence-corrected chi connectivity index (χ4v) is 3.24. The summed E-state index contributed by atoms with van der Waals surface area (Å²) in [6, 6.07) is 9.15. The van der Waals surface area contributed by atoms with Gasteiger partial charge in [0.2, 0.25) is 0 Å². The van der Waals surface area contributed by atoms with Gasteiger partial charge in [0.25, 0.3) is 0 Å². The Morgan fingerprint density at radius 3 is 2.90 bits per heavy atom. The lowest BCUT2D eigenvalue weighted by Gasteiger charge is -2.16. The Morgan fingerprint density at radius 2 is 2.10 bits per heavy atom. The minimum absolute atomic E-state index is 0.440. The van der Waals surface area contributed by atoms with E-state index in [9.17, 15) is 0 Å². The van der Waals surface area contributed by atoms with Crippen LogP contribution in [0.1, 0.15) is 40.4 Å². The second-order valence-electron chi connectivity index (χ2n) is 5.72. The summed E-state index contributed by atoms with van der Waals surface area (Å²) < 4.78 is 5.48. The van der Waals surface area contributed by atoms with Crippen molar-refractivity contribution >= 4 is 0 Å². The minimum atomic E-state index is 0.440. The van der Waals surface area contributed by atoms with E-state index in [4.69, 9.17) is 4.74 Å². The third-order valence-electron chi connectivity index (χ3n) is 4.40. The normalized spacial score (nSPS) is 16.8. The highest BCUT2D eigenvalue weighted by molar-refractivity contribution is 5.41. The summed E-state index contributed by atoms with van der Waals surface area (Å²) in [5.41, 5.74) is 6.21. The van der Waals surface area contributed by atoms with Gasteiger partial charge in [0.1, 0.15) is 5.75 Å². The first-order valence-corrected chi connectivity index (χ1v) is 7.51. The fraction of sp³-hybridized carbons (Fsp3) is 0.389. The van der Waals surface area contributed by atoms with Gasteiger partial charge in [-0.3, -0.25) is 4.98 Å². The van der Waals surface area contributed by atoms with Crippen LogP contribution in [0, 0.1) is 13.8 Å². The average Bonchev–Trinajstić information content (AvgIpc) is 2.90. The maximum Gasteiger partial charge on any atom is 0.128 e. The van der Waals surface area contributed by atoms with Gasteiger partial charge in [0.15, 0.2) is 0 Å². The van der Waals surface area contributed by atoms with E-state index >= 15 is 0 Å². The van der Waals surface area contributed by atoms with Crippen LogP contribution < -0.4 is 10.1 Å². The summed E-state index contributed by atoms with van der Waals surface area (Å²) >= 11 is 0. The van der Waals surface area contributed by atoms with E-state index in [2.05, 4.69) is 41.5 Å². The Morgan fingerprint density at radius 1 is 1.29 bits per heavy atom. The van der Waals surface area contributed by atoms with Crippen molar-refractivity contribution in [2.75, 3.05) is 7.11 Å². The predicted octanol–water partition coefficient (Wildman–Crippen LogP) is 3.48. The van der Waals surface area contributed by atoms with E-state index in [0.717, 1.165) is 35.5 Å². The molecule has 1 N–H and O–H groups in total. The molecule has 1 aromatic carbocycles. The van der Waals surface area contributed by atoms with E-state index in [0.29, 0.717) is 6.04 Å². The monoisotopic (exact) mass is 282 g/mol. The Bertz CT molecular complexity index is 652. The van der Waals surface area contributed by atoms with Crippen LogP contribution in [0.25, 0.3) is 0 Å². The van der Waals surface area contributed by atoms with Crippen LogP contribution in [-0.4, -0.2) is 12.1 Å². The van der Waals surface area contributed by atoms with Crippen molar-refractivity contribution in [2.45, 2.75) is 39.3 Å². The van der Waals surface area contributed by atoms with Crippen molar-refractivity contribution in [2.24, 2.45) is 0 Å². The number of pyridine rings is 1. The second-order valence-corrected chi connectivity index (χ2v) is 5.72. The Kier molecular flexibility index (Phi) is 3.93. The lowest BCUT2D eigenvalue weighted by atomic mass is 10.1. The number of methoxy groups -OCH3 is 1. The molecular weight excluding hydrogens is 260 g/mol. The van der Waals surface area contributed by atoms with Gasteiger partial charge < -0.3 is 10.1 Å². The zero-order valence-electron chi connectivity index (χ0n) is 12.9. The van der Waals surface area contributed by atoms with Gasteiger partial charge in [0.05, 0.1) is 12.8 Å². The number of nitrogens with zero attached hydrogens (tertiary/aromatic N) is 1. The SMILES string of the molecule is COc1c(C)cnc(CNC2CCc3ccccc32)c1C. The summed E-state index contributed by atoms with van der Waals surface area (Å²) in [7, 11) is 1.72. The van der Waals surface area contributed by atoms with Gasteiger partial charge in [-0.1, -0.05) is 24.3 Å². The third-order valence-corrected chi connectivity index (χ3v) is 4.40. The Labute approximate surface area is 126 Å². The van der Waals surface area contributed by atoms with Crippen molar-refractivity contribution in [3.05, 3.63) is 58.4 Å². The quantitative estimate of drug-likeness (QED) is 0.932. The van der Waals surface area contributed by atoms with Crippen LogP contribution in [0.3, 0.4) is 0 Å². The lowest BCUT2D eigenvalue weighted by molar-refractivity contribution is 0.406. The molecule has 0 spiro atoms. The molecule has 1 aromatic heterocycles. The first-order chi connectivity index (χ1) is 10.2. The fourth-order valence-electron chi connectivity index (χ4n) is 3.24. The zero-order chi connectivity index (χ0) is 14.8. The molecule has 0 amide bonds. The molecule has 1 atom stereocenters. The molecular formula is C18H22N2O. The average molecular weight is 282 g/mol. The third kappa shape index (κ3) is 2.66. The molecule has 0 aliphatic heterocycles. The number of benzene rings is 1. The molecule has 0 radical (unpaired) electrons. The van der Waals surface area contributed by atoms with Gasteiger partial charge in [0, 0.05) is 29.9 Å². The van der Waals surface area contributed by atoms with Crippen molar-refractivity contribution in [3.63, 3.8) is 0 Å². The number of rotatable bonds is 4. The van der Waals surface area contributed by atoms with Crippen molar-refractivity contribution in [1.82, 2.24) is 10.3 Å². The molecule has 1 unspecified atom stereocenters. The molecule has 3 heteroatoms. The van der Waals surface area contributed by atoms with E-state index < -0.39 is 0 Å². The van der Waals surface area contributed by atoms with Crippen LogP contribution in [0.2, 0.25) is 0 Å². The number of aryl methyl sites for hydroxylation is 2. The van der Waals surface area contributed by atoms with Gasteiger partial charge in [-0.25, -0.2) is 0 Å². The summed E-state index contributed by atoms with van der Waals surface area (Å²) in [5.74, 6) is 0.952. The molecule has 1 aliphatic carbocycles. The van der Waals surface area contributed by atoms with Gasteiger partial charge >= 0.3 is 0 Å². The van der Waals surface area contributed by atoms with Crippen molar-refractivity contribution in [3.8, 4) is 5.75 Å². The van der Waals surface area contributed by atoms with Crippen molar-refractivity contribution < 1.29 is 4.74 Å². The number of aromatic nitrogens is 1. The molecule has 21 heavy (non-hydrogen) atoms. The smallest absolute Gasteiger partial charge is 0.128 e. The summed E-state index contributed by atoms with van der Waals surface area (Å²) in [6.07, 6.45) is 4.23. The molecule has 0 fully saturated rings. The number of fused-ring (bicyclic) bond motifs is 1. The van der Waals surface area contributed by atoms with Crippen molar-refractivity contribution in [1.29, 1.82) is 0 Å². The lowest BCUT2D eigenvalue weighted by Crippen LogP contribution is -2.20. The highest BCUT2D eigenvalue weighted by Gasteiger charge is 2.21. The number of nitrogens with one attached hydrogen (secondary N) is 1. The summed E-state index contributed by atoms with van der Waals surface area (Å²) in [6.45, 7) is 4.89. The van der Waals surface area contributed by atoms with Crippen LogP contribution in [0.15, 0.2) is 30.5 Å². The van der Waals surface area contributed by atoms with E-state index in [1.165, 1.54) is 17.5 Å². The number of hydrogen-bond acceptors (Lipinski definition) is 3. The maximum atomic E-state index is 5.48. The van der Waals surface area contributed by atoms with Crippen LogP contribution in [0.5, 0.6) is 5.75 Å². The highest BCUT2D eigenvalue weighted by Crippen LogP contribution is 2.31. The largest absolute Gasteiger partial charge is 0.496 e. The molecule has 1 aliphatic rings. The van der Waals surface area contributed by atoms with Crippen LogP contribution >= 0.6 is 0 Å². The molecule has 0 saturated carbocycles. The van der Waals surface area contributed by atoms with E-state index in [-0.39, 0.29) is 0 Å². The number of ether oxygens (including phenoxy) is 1. The van der Waals surface area contributed by atoms with Gasteiger partial charge in [-0.2, -0.15) is 0 Å². The Hall–Kier alpha value is -1.87. The van der Waals surface area contributed by atoms with E-state index in [1.54, 1.807) is 7.11 Å².